The molecule has 2 nitrogen and oxygen atoms in total. The Morgan fingerprint density at radius 1 is 0.704 bits per heavy atom. The van der Waals surface area contributed by atoms with Gasteiger partial charge in [0.05, 0.1) is 6.04 Å². The summed E-state index contributed by atoms with van der Waals surface area (Å²) in [5.74, 6) is 0. The number of rotatable bonds is 6. The van der Waals surface area contributed by atoms with Gasteiger partial charge in [0, 0.05) is 18.6 Å². The Morgan fingerprint density at radius 3 is 1.52 bits per heavy atom. The van der Waals surface area contributed by atoms with Crippen molar-refractivity contribution in [3.63, 3.8) is 0 Å². The van der Waals surface area contributed by atoms with Gasteiger partial charge < -0.3 is 4.90 Å². The maximum Gasteiger partial charge on any atom is 0.0604 e. The third-order valence-electron chi connectivity index (χ3n) is 5.73. The molecule has 0 amide bonds. The Hall–Kier alpha value is -2.42. The van der Waals surface area contributed by atoms with Gasteiger partial charge in [0.25, 0.3) is 0 Å². The average Bonchev–Trinajstić information content (AvgIpc) is 2.70. The van der Waals surface area contributed by atoms with Crippen LogP contribution in [0.3, 0.4) is 0 Å². The summed E-state index contributed by atoms with van der Waals surface area (Å²) in [6.45, 7) is 1.14. The van der Waals surface area contributed by atoms with Crippen LogP contribution in [0, 0.1) is 0 Å². The van der Waals surface area contributed by atoms with E-state index in [1.54, 1.807) is 0 Å². The smallest absolute Gasteiger partial charge is 0.0604 e. The fraction of sp³-hybridized carbons (Fsp3) is 0.280. The van der Waals surface area contributed by atoms with Crippen LogP contribution in [0.2, 0.25) is 0 Å². The highest BCUT2D eigenvalue weighted by atomic mass is 15.3. The van der Waals surface area contributed by atoms with Crippen molar-refractivity contribution < 1.29 is 0 Å². The summed E-state index contributed by atoms with van der Waals surface area (Å²) in [4.78, 5) is 5.06. The van der Waals surface area contributed by atoms with Crippen molar-refractivity contribution in [3.05, 3.63) is 108 Å². The van der Waals surface area contributed by atoms with Gasteiger partial charge in [0.15, 0.2) is 0 Å². The fourth-order valence-corrected chi connectivity index (χ4v) is 4.45. The van der Waals surface area contributed by atoms with E-state index in [-0.39, 0.29) is 0 Å². The predicted octanol–water partition coefficient (Wildman–Crippen LogP) is 5.15. The molecule has 27 heavy (non-hydrogen) atoms. The second kappa shape index (κ2) is 8.08. The molecular weight excluding hydrogens is 328 g/mol. The molecule has 3 aromatic rings. The molecule has 0 aromatic heterocycles. The summed E-state index contributed by atoms with van der Waals surface area (Å²) in [7, 11) is 4.41. The zero-order chi connectivity index (χ0) is 18.6. The van der Waals surface area contributed by atoms with Crippen LogP contribution < -0.4 is 0 Å². The number of nitrogens with zero attached hydrogens (tertiary/aromatic N) is 2. The van der Waals surface area contributed by atoms with Crippen molar-refractivity contribution >= 4 is 0 Å². The number of hydrogen-bond acceptors (Lipinski definition) is 2. The van der Waals surface area contributed by atoms with Gasteiger partial charge in [-0.2, -0.15) is 0 Å². The van der Waals surface area contributed by atoms with Gasteiger partial charge >= 0.3 is 0 Å². The van der Waals surface area contributed by atoms with Gasteiger partial charge in [-0.1, -0.05) is 91.0 Å². The highest BCUT2D eigenvalue weighted by molar-refractivity contribution is 5.33. The first-order chi connectivity index (χ1) is 13.3. The van der Waals surface area contributed by atoms with E-state index in [0.717, 1.165) is 6.54 Å². The zero-order valence-corrected chi connectivity index (χ0v) is 16.2. The summed E-state index contributed by atoms with van der Waals surface area (Å²) in [5, 5.41) is 0. The molecule has 0 N–H and O–H groups in total. The molecule has 0 radical (unpaired) electrons. The van der Waals surface area contributed by atoms with Gasteiger partial charge in [0.1, 0.15) is 0 Å². The minimum Gasteiger partial charge on any atom is -0.301 e. The van der Waals surface area contributed by atoms with Crippen molar-refractivity contribution in [2.45, 2.75) is 24.5 Å². The van der Waals surface area contributed by atoms with Crippen molar-refractivity contribution in [2.75, 3.05) is 20.6 Å². The van der Waals surface area contributed by atoms with Crippen molar-refractivity contribution in [1.29, 1.82) is 0 Å². The first-order valence-corrected chi connectivity index (χ1v) is 9.82. The highest BCUT2D eigenvalue weighted by Gasteiger charge is 2.41. The summed E-state index contributed by atoms with van der Waals surface area (Å²) >= 11 is 0. The Morgan fingerprint density at radius 2 is 1.15 bits per heavy atom. The van der Waals surface area contributed by atoms with E-state index in [2.05, 4.69) is 115 Å². The number of hydrogen-bond donors (Lipinski definition) is 0. The van der Waals surface area contributed by atoms with E-state index in [0.29, 0.717) is 18.1 Å². The topological polar surface area (TPSA) is 6.48 Å². The van der Waals surface area contributed by atoms with E-state index >= 15 is 0 Å². The van der Waals surface area contributed by atoms with Crippen molar-refractivity contribution in [3.8, 4) is 0 Å². The molecule has 1 aliphatic heterocycles. The lowest BCUT2D eigenvalue weighted by atomic mass is 9.84. The van der Waals surface area contributed by atoms with Gasteiger partial charge in [-0.15, -0.1) is 0 Å². The summed E-state index contributed by atoms with van der Waals surface area (Å²) in [5.41, 5.74) is 4.15. The lowest BCUT2D eigenvalue weighted by Gasteiger charge is -2.51. The molecule has 1 heterocycles. The normalized spacial score (nSPS) is 18.4. The van der Waals surface area contributed by atoms with Crippen LogP contribution in [-0.4, -0.2) is 36.5 Å². The van der Waals surface area contributed by atoms with E-state index in [9.17, 15) is 0 Å². The Balaban J connectivity index is 1.70. The summed E-state index contributed by atoms with van der Waals surface area (Å²) < 4.78 is 0. The van der Waals surface area contributed by atoms with Gasteiger partial charge in [-0.25, -0.2) is 0 Å². The molecular formula is C25H28N2. The van der Waals surface area contributed by atoms with E-state index in [4.69, 9.17) is 0 Å². The van der Waals surface area contributed by atoms with Crippen LogP contribution in [0.5, 0.6) is 0 Å². The third-order valence-corrected chi connectivity index (χ3v) is 5.73. The summed E-state index contributed by atoms with van der Waals surface area (Å²) in [6, 6.07) is 34.0. The lowest BCUT2D eigenvalue weighted by Crippen LogP contribution is -2.55. The molecule has 0 aliphatic carbocycles. The minimum absolute atomic E-state index is 0.303. The van der Waals surface area contributed by atoms with Crippen molar-refractivity contribution in [1.82, 2.24) is 9.80 Å². The Labute approximate surface area is 163 Å². The molecule has 0 spiro atoms. The van der Waals surface area contributed by atoms with Crippen LogP contribution in [-0.2, 0) is 0 Å². The molecule has 1 saturated heterocycles. The molecule has 1 aliphatic rings. The van der Waals surface area contributed by atoms with Crippen molar-refractivity contribution in [2.24, 2.45) is 0 Å². The van der Waals surface area contributed by atoms with E-state index in [1.807, 2.05) is 0 Å². The Kier molecular flexibility index (Phi) is 5.38. The molecule has 0 bridgehead atoms. The highest BCUT2D eigenvalue weighted by Crippen LogP contribution is 2.41. The molecule has 2 heteroatoms. The fourth-order valence-electron chi connectivity index (χ4n) is 4.45. The predicted molar refractivity (Wildman–Crippen MR) is 113 cm³/mol. The zero-order valence-electron chi connectivity index (χ0n) is 16.2. The molecule has 4 rings (SSSR count). The maximum absolute atomic E-state index is 2.68. The third kappa shape index (κ3) is 3.69. The second-order valence-electron chi connectivity index (χ2n) is 7.64. The van der Waals surface area contributed by atoms with E-state index in [1.165, 1.54) is 23.1 Å². The second-order valence-corrected chi connectivity index (χ2v) is 7.64. The molecule has 0 saturated carbocycles. The van der Waals surface area contributed by atoms with Crippen LogP contribution in [0.15, 0.2) is 91.0 Å². The molecule has 138 valence electrons. The first kappa shape index (κ1) is 18.0. The number of likely N-dealkylation sites (tertiary alicyclic amines) is 1. The van der Waals surface area contributed by atoms with Gasteiger partial charge in [0.2, 0.25) is 0 Å². The number of likely N-dealkylation sites (N-methyl/N-ethyl adjacent to an activating group) is 1. The molecule has 1 fully saturated rings. The van der Waals surface area contributed by atoms with Gasteiger partial charge in [-0.3, -0.25) is 4.90 Å². The van der Waals surface area contributed by atoms with Crippen LogP contribution >= 0.6 is 0 Å². The Bertz CT molecular complexity index is 790. The monoisotopic (exact) mass is 356 g/mol. The number of benzene rings is 3. The van der Waals surface area contributed by atoms with Gasteiger partial charge in [-0.05, 0) is 37.2 Å². The lowest BCUT2D eigenvalue weighted by molar-refractivity contribution is 0.00172. The SMILES string of the molecule is CN(C)C(c1ccccc1)C1CCN1C(c1ccccc1)c1ccccc1. The van der Waals surface area contributed by atoms with Crippen LogP contribution in [0.1, 0.15) is 35.2 Å². The quantitative estimate of drug-likeness (QED) is 0.602. The maximum atomic E-state index is 2.68. The average molecular weight is 357 g/mol. The largest absolute Gasteiger partial charge is 0.301 e. The molecule has 3 aromatic carbocycles. The van der Waals surface area contributed by atoms with Crippen LogP contribution in [0.25, 0.3) is 0 Å². The first-order valence-electron chi connectivity index (χ1n) is 9.82. The minimum atomic E-state index is 0.303. The standard InChI is InChI=1S/C25H28N2/c1-26(2)25(22-16-10-5-11-17-22)23-18-19-27(23)24(20-12-6-3-7-13-20)21-14-8-4-9-15-21/h3-17,23-25H,18-19H2,1-2H3. The summed E-state index contributed by atoms with van der Waals surface area (Å²) in [6.07, 6.45) is 1.23. The molecule has 2 unspecified atom stereocenters. The van der Waals surface area contributed by atoms with Crippen LogP contribution in [0.4, 0.5) is 0 Å². The molecule has 2 atom stereocenters. The van der Waals surface area contributed by atoms with E-state index < -0.39 is 0 Å².